The average molecular weight is 284 g/mol. The van der Waals surface area contributed by atoms with E-state index in [9.17, 15) is 0 Å². The molecule has 0 aliphatic rings. The van der Waals surface area contributed by atoms with E-state index in [1.807, 2.05) is 18.2 Å². The van der Waals surface area contributed by atoms with E-state index in [1.165, 1.54) is 11.1 Å². The van der Waals surface area contributed by atoms with Gasteiger partial charge in [0.1, 0.15) is 0 Å². The highest BCUT2D eigenvalue weighted by molar-refractivity contribution is 7.80. The summed E-state index contributed by atoms with van der Waals surface area (Å²) in [5, 5.41) is 7.11. The van der Waals surface area contributed by atoms with E-state index in [0.717, 1.165) is 25.1 Å². The van der Waals surface area contributed by atoms with Crippen molar-refractivity contribution >= 4 is 23.0 Å². The predicted molar refractivity (Wildman–Crippen MR) is 90.2 cm³/mol. The molecule has 0 amide bonds. The molecule has 0 aromatic heterocycles. The standard InChI is InChI=1S/C17H20N2S/c1-14-9-11-16(12-10-14)19-17(20)18-13-5-8-15-6-3-2-4-7-15/h2-4,6-7,9-12H,5,8,13H2,1H3,(H2,18,19,20). The van der Waals surface area contributed by atoms with Crippen LogP contribution in [0.1, 0.15) is 17.5 Å². The first-order chi connectivity index (χ1) is 9.74. The lowest BCUT2D eigenvalue weighted by Gasteiger charge is -2.10. The molecule has 20 heavy (non-hydrogen) atoms. The third-order valence-electron chi connectivity index (χ3n) is 3.08. The van der Waals surface area contributed by atoms with Crippen LogP contribution < -0.4 is 10.6 Å². The quantitative estimate of drug-likeness (QED) is 0.643. The second kappa shape index (κ2) is 7.65. The summed E-state index contributed by atoms with van der Waals surface area (Å²) in [5.41, 5.74) is 3.64. The summed E-state index contributed by atoms with van der Waals surface area (Å²) in [6.45, 7) is 2.95. The predicted octanol–water partition coefficient (Wildman–Crippen LogP) is 3.91. The number of anilines is 1. The maximum atomic E-state index is 5.28. The molecule has 2 aromatic rings. The van der Waals surface area contributed by atoms with Crippen LogP contribution in [0.25, 0.3) is 0 Å². The Morgan fingerprint density at radius 3 is 2.40 bits per heavy atom. The molecule has 0 bridgehead atoms. The fraction of sp³-hybridized carbons (Fsp3) is 0.235. The molecule has 0 aliphatic carbocycles. The van der Waals surface area contributed by atoms with Crippen molar-refractivity contribution in [3.8, 4) is 0 Å². The summed E-state index contributed by atoms with van der Waals surface area (Å²) in [5.74, 6) is 0. The fourth-order valence-corrected chi connectivity index (χ4v) is 2.17. The monoisotopic (exact) mass is 284 g/mol. The highest BCUT2D eigenvalue weighted by Crippen LogP contribution is 2.08. The number of hydrogen-bond donors (Lipinski definition) is 2. The van der Waals surface area contributed by atoms with Gasteiger partial charge in [0.25, 0.3) is 0 Å². The van der Waals surface area contributed by atoms with E-state index < -0.39 is 0 Å². The van der Waals surface area contributed by atoms with E-state index in [0.29, 0.717) is 5.11 Å². The summed E-state index contributed by atoms with van der Waals surface area (Å²) in [6.07, 6.45) is 2.14. The average Bonchev–Trinajstić information content (AvgIpc) is 2.47. The van der Waals surface area contributed by atoms with Crippen LogP contribution in [0.2, 0.25) is 0 Å². The van der Waals surface area contributed by atoms with Gasteiger partial charge in [-0.3, -0.25) is 0 Å². The van der Waals surface area contributed by atoms with Crippen LogP contribution in [0.5, 0.6) is 0 Å². The fourth-order valence-electron chi connectivity index (χ4n) is 1.95. The van der Waals surface area contributed by atoms with E-state index >= 15 is 0 Å². The minimum Gasteiger partial charge on any atom is -0.362 e. The molecule has 0 saturated carbocycles. The molecule has 2 nitrogen and oxygen atoms in total. The lowest BCUT2D eigenvalue weighted by atomic mass is 10.1. The van der Waals surface area contributed by atoms with E-state index in [-0.39, 0.29) is 0 Å². The van der Waals surface area contributed by atoms with Gasteiger partial charge in [0.15, 0.2) is 5.11 Å². The van der Waals surface area contributed by atoms with Crippen molar-refractivity contribution in [2.45, 2.75) is 19.8 Å². The van der Waals surface area contributed by atoms with Crippen LogP contribution in [0.3, 0.4) is 0 Å². The van der Waals surface area contributed by atoms with Crippen LogP contribution in [0, 0.1) is 6.92 Å². The molecule has 2 N–H and O–H groups in total. The van der Waals surface area contributed by atoms with Gasteiger partial charge < -0.3 is 10.6 Å². The van der Waals surface area contributed by atoms with Crippen molar-refractivity contribution in [1.82, 2.24) is 5.32 Å². The molecule has 0 radical (unpaired) electrons. The molecule has 0 aliphatic heterocycles. The Kier molecular flexibility index (Phi) is 5.56. The molecular weight excluding hydrogens is 264 g/mol. The zero-order valence-electron chi connectivity index (χ0n) is 11.7. The van der Waals surface area contributed by atoms with Gasteiger partial charge >= 0.3 is 0 Å². The second-order valence-corrected chi connectivity index (χ2v) is 5.24. The smallest absolute Gasteiger partial charge is 0.170 e. The first-order valence-electron chi connectivity index (χ1n) is 6.89. The second-order valence-electron chi connectivity index (χ2n) is 4.84. The van der Waals surface area contributed by atoms with Gasteiger partial charge in [-0.2, -0.15) is 0 Å². The Morgan fingerprint density at radius 2 is 1.70 bits per heavy atom. The van der Waals surface area contributed by atoms with Crippen LogP contribution >= 0.6 is 12.2 Å². The zero-order valence-corrected chi connectivity index (χ0v) is 12.5. The number of rotatable bonds is 5. The Morgan fingerprint density at radius 1 is 1.00 bits per heavy atom. The van der Waals surface area contributed by atoms with Crippen molar-refractivity contribution in [2.24, 2.45) is 0 Å². The van der Waals surface area contributed by atoms with Gasteiger partial charge in [-0.05, 0) is 49.7 Å². The third-order valence-corrected chi connectivity index (χ3v) is 3.33. The van der Waals surface area contributed by atoms with Crippen LogP contribution in [0.15, 0.2) is 54.6 Å². The number of hydrogen-bond acceptors (Lipinski definition) is 1. The summed E-state index contributed by atoms with van der Waals surface area (Å²) in [6, 6.07) is 18.7. The molecule has 0 spiro atoms. The molecule has 2 aromatic carbocycles. The first-order valence-corrected chi connectivity index (χ1v) is 7.30. The number of nitrogens with one attached hydrogen (secondary N) is 2. The highest BCUT2D eigenvalue weighted by Gasteiger charge is 1.97. The minimum atomic E-state index is 0.682. The number of benzene rings is 2. The van der Waals surface area contributed by atoms with E-state index in [2.05, 4.69) is 54.0 Å². The summed E-state index contributed by atoms with van der Waals surface area (Å²) >= 11 is 5.28. The molecule has 104 valence electrons. The van der Waals surface area contributed by atoms with Crippen LogP contribution in [-0.4, -0.2) is 11.7 Å². The topological polar surface area (TPSA) is 24.1 Å². The number of aryl methyl sites for hydroxylation is 2. The van der Waals surface area contributed by atoms with Gasteiger partial charge in [-0.25, -0.2) is 0 Å². The zero-order chi connectivity index (χ0) is 14.2. The normalized spacial score (nSPS) is 10.1. The van der Waals surface area contributed by atoms with Crippen molar-refractivity contribution < 1.29 is 0 Å². The van der Waals surface area contributed by atoms with Gasteiger partial charge in [-0.15, -0.1) is 0 Å². The summed E-state index contributed by atoms with van der Waals surface area (Å²) in [7, 11) is 0. The van der Waals surface area contributed by atoms with Crippen molar-refractivity contribution in [1.29, 1.82) is 0 Å². The van der Waals surface area contributed by atoms with Gasteiger partial charge in [-0.1, -0.05) is 48.0 Å². The lowest BCUT2D eigenvalue weighted by Crippen LogP contribution is -2.29. The van der Waals surface area contributed by atoms with Crippen molar-refractivity contribution in [3.63, 3.8) is 0 Å². The third kappa shape index (κ3) is 5.02. The van der Waals surface area contributed by atoms with Crippen molar-refractivity contribution in [3.05, 3.63) is 65.7 Å². The molecule has 0 heterocycles. The molecule has 3 heteroatoms. The SMILES string of the molecule is Cc1ccc(NC(=S)NCCCc2ccccc2)cc1. The molecule has 0 atom stereocenters. The minimum absolute atomic E-state index is 0.682. The molecule has 0 saturated heterocycles. The van der Waals surface area contributed by atoms with Gasteiger partial charge in [0, 0.05) is 12.2 Å². The number of thiocarbonyl (C=S) groups is 1. The Bertz CT molecular complexity index is 535. The lowest BCUT2D eigenvalue weighted by molar-refractivity contribution is 0.777. The summed E-state index contributed by atoms with van der Waals surface area (Å²) < 4.78 is 0. The maximum Gasteiger partial charge on any atom is 0.170 e. The highest BCUT2D eigenvalue weighted by atomic mass is 32.1. The van der Waals surface area contributed by atoms with Gasteiger partial charge in [0.05, 0.1) is 0 Å². The largest absolute Gasteiger partial charge is 0.362 e. The van der Waals surface area contributed by atoms with Crippen molar-refractivity contribution in [2.75, 3.05) is 11.9 Å². The maximum absolute atomic E-state index is 5.28. The van der Waals surface area contributed by atoms with Crippen LogP contribution in [-0.2, 0) is 6.42 Å². The Labute approximate surface area is 126 Å². The Hall–Kier alpha value is -1.87. The van der Waals surface area contributed by atoms with Crippen LogP contribution in [0.4, 0.5) is 5.69 Å². The molecular formula is C17H20N2S. The Balaban J connectivity index is 1.66. The summed E-state index contributed by atoms with van der Waals surface area (Å²) in [4.78, 5) is 0. The van der Waals surface area contributed by atoms with E-state index in [4.69, 9.17) is 12.2 Å². The molecule has 0 fully saturated rings. The van der Waals surface area contributed by atoms with Gasteiger partial charge in [0.2, 0.25) is 0 Å². The molecule has 2 rings (SSSR count). The van der Waals surface area contributed by atoms with E-state index in [1.54, 1.807) is 0 Å². The molecule has 0 unspecified atom stereocenters. The first kappa shape index (κ1) is 14.5.